The molecule has 0 aromatic heterocycles. The number of nitrogens with one attached hydrogen (secondary N) is 1. The molecule has 0 unspecified atom stereocenters. The topological polar surface area (TPSA) is 12.0 Å². The van der Waals surface area contributed by atoms with Crippen molar-refractivity contribution in [2.45, 2.75) is 6.54 Å². The molecule has 0 fully saturated rings. The molecule has 0 bridgehead atoms. The van der Waals surface area contributed by atoms with E-state index in [1.54, 1.807) is 0 Å². The van der Waals surface area contributed by atoms with Gasteiger partial charge in [-0.25, -0.2) is 0 Å². The molecule has 0 aliphatic carbocycles. The zero-order valence-electron chi connectivity index (χ0n) is 11.7. The van der Waals surface area contributed by atoms with E-state index in [0.29, 0.717) is 0 Å². The number of fused-ring (bicyclic) bond motifs is 1. The molecule has 3 rings (SSSR count). The Kier molecular flexibility index (Phi) is 4.16. The number of hydrogen-bond donors (Lipinski definition) is 1. The summed E-state index contributed by atoms with van der Waals surface area (Å²) in [5, 5.41) is 6.93. The molecule has 0 spiro atoms. The van der Waals surface area contributed by atoms with Crippen LogP contribution >= 0.6 is 23.2 Å². The minimum Gasteiger partial charge on any atom is -0.316 e. The fourth-order valence-corrected chi connectivity index (χ4v) is 2.99. The molecule has 106 valence electrons. The summed E-state index contributed by atoms with van der Waals surface area (Å²) < 4.78 is 0. The zero-order valence-corrected chi connectivity index (χ0v) is 13.2. The Bertz CT molecular complexity index is 796. The Morgan fingerprint density at radius 3 is 2.33 bits per heavy atom. The quantitative estimate of drug-likeness (QED) is 0.669. The van der Waals surface area contributed by atoms with Crippen LogP contribution in [0.4, 0.5) is 0 Å². The van der Waals surface area contributed by atoms with Gasteiger partial charge in [-0.2, -0.15) is 0 Å². The van der Waals surface area contributed by atoms with Gasteiger partial charge in [0.1, 0.15) is 0 Å². The first-order valence-corrected chi connectivity index (χ1v) is 7.57. The van der Waals surface area contributed by atoms with Crippen molar-refractivity contribution < 1.29 is 0 Å². The molecule has 3 aromatic rings. The highest BCUT2D eigenvalue weighted by molar-refractivity contribution is 6.36. The smallest absolute Gasteiger partial charge is 0.0484 e. The van der Waals surface area contributed by atoms with Crippen molar-refractivity contribution in [1.29, 1.82) is 0 Å². The molecule has 0 amide bonds. The Balaban J connectivity index is 2.21. The molecule has 0 atom stereocenters. The maximum absolute atomic E-state index is 6.29. The lowest BCUT2D eigenvalue weighted by Gasteiger charge is -2.11. The molecule has 1 nitrogen and oxygen atoms in total. The highest BCUT2D eigenvalue weighted by atomic mass is 35.5. The molecule has 0 saturated heterocycles. The van der Waals surface area contributed by atoms with Crippen molar-refractivity contribution in [3.05, 3.63) is 70.2 Å². The molecular weight excluding hydrogens is 301 g/mol. The second kappa shape index (κ2) is 6.07. The van der Waals surface area contributed by atoms with Gasteiger partial charge in [-0.05, 0) is 47.3 Å². The maximum Gasteiger partial charge on any atom is 0.0484 e. The van der Waals surface area contributed by atoms with Crippen LogP contribution in [-0.4, -0.2) is 7.05 Å². The molecule has 0 radical (unpaired) electrons. The van der Waals surface area contributed by atoms with Crippen molar-refractivity contribution in [1.82, 2.24) is 5.32 Å². The zero-order chi connectivity index (χ0) is 14.8. The van der Waals surface area contributed by atoms with Crippen molar-refractivity contribution in [3.63, 3.8) is 0 Å². The van der Waals surface area contributed by atoms with Gasteiger partial charge in [-0.1, -0.05) is 59.6 Å². The van der Waals surface area contributed by atoms with Crippen LogP contribution in [0.3, 0.4) is 0 Å². The number of halogens is 2. The second-order valence-electron chi connectivity index (χ2n) is 4.98. The first-order valence-electron chi connectivity index (χ1n) is 6.81. The van der Waals surface area contributed by atoms with Crippen LogP contribution in [0.15, 0.2) is 54.6 Å². The lowest BCUT2D eigenvalue weighted by atomic mass is 9.97. The van der Waals surface area contributed by atoms with Crippen molar-refractivity contribution in [2.24, 2.45) is 0 Å². The highest BCUT2D eigenvalue weighted by Crippen LogP contribution is 2.34. The lowest BCUT2D eigenvalue weighted by molar-refractivity contribution is 0.818. The van der Waals surface area contributed by atoms with Gasteiger partial charge in [-0.3, -0.25) is 0 Å². The first-order chi connectivity index (χ1) is 10.2. The van der Waals surface area contributed by atoms with Crippen LogP contribution in [0.25, 0.3) is 21.9 Å². The van der Waals surface area contributed by atoms with Gasteiger partial charge in [-0.15, -0.1) is 0 Å². The molecule has 1 N–H and O–H groups in total. The maximum atomic E-state index is 6.29. The summed E-state index contributed by atoms with van der Waals surface area (Å²) in [5.74, 6) is 0. The largest absolute Gasteiger partial charge is 0.316 e. The second-order valence-corrected chi connectivity index (χ2v) is 5.79. The van der Waals surface area contributed by atoms with Gasteiger partial charge in [0.05, 0.1) is 0 Å². The van der Waals surface area contributed by atoms with Gasteiger partial charge < -0.3 is 5.32 Å². The van der Waals surface area contributed by atoms with Crippen LogP contribution in [-0.2, 0) is 6.54 Å². The summed E-state index contributed by atoms with van der Waals surface area (Å²) >= 11 is 12.5. The predicted molar refractivity (Wildman–Crippen MR) is 92.2 cm³/mol. The predicted octanol–water partition coefficient (Wildman–Crippen LogP) is 5.53. The monoisotopic (exact) mass is 315 g/mol. The summed E-state index contributed by atoms with van der Waals surface area (Å²) in [6.07, 6.45) is 0. The van der Waals surface area contributed by atoms with Gasteiger partial charge in [0.25, 0.3) is 0 Å². The average Bonchev–Trinajstić information content (AvgIpc) is 2.51. The fourth-order valence-electron chi connectivity index (χ4n) is 2.58. The molecular formula is C18H15Cl2N. The first kappa shape index (κ1) is 14.4. The highest BCUT2D eigenvalue weighted by Gasteiger charge is 2.08. The van der Waals surface area contributed by atoms with Crippen LogP contribution in [0, 0.1) is 0 Å². The van der Waals surface area contributed by atoms with Gasteiger partial charge >= 0.3 is 0 Å². The fraction of sp³-hybridized carbons (Fsp3) is 0.111. The van der Waals surface area contributed by atoms with Crippen LogP contribution in [0.1, 0.15) is 5.56 Å². The van der Waals surface area contributed by atoms with Gasteiger partial charge in [0, 0.05) is 22.0 Å². The molecule has 0 saturated carbocycles. The molecule has 21 heavy (non-hydrogen) atoms. The van der Waals surface area contributed by atoms with E-state index in [0.717, 1.165) is 38.5 Å². The van der Waals surface area contributed by atoms with Gasteiger partial charge in [0.2, 0.25) is 0 Å². The van der Waals surface area contributed by atoms with E-state index in [4.69, 9.17) is 23.2 Å². The van der Waals surface area contributed by atoms with Crippen LogP contribution in [0.5, 0.6) is 0 Å². The summed E-state index contributed by atoms with van der Waals surface area (Å²) in [4.78, 5) is 0. The van der Waals surface area contributed by atoms with Crippen molar-refractivity contribution in [3.8, 4) is 11.1 Å². The van der Waals surface area contributed by atoms with E-state index in [2.05, 4.69) is 29.6 Å². The standard InChI is InChI=1S/C18H15Cl2N/c1-21-11-13-10-12(6-8-17(13)19)14-7-9-18(20)16-5-3-2-4-15(14)16/h2-10,21H,11H2,1H3. The Hall–Kier alpha value is -1.54. The summed E-state index contributed by atoms with van der Waals surface area (Å²) in [6, 6.07) is 18.3. The van der Waals surface area contributed by atoms with E-state index in [-0.39, 0.29) is 0 Å². The third-order valence-electron chi connectivity index (χ3n) is 3.59. The van der Waals surface area contributed by atoms with E-state index in [1.807, 2.05) is 37.4 Å². The molecule has 3 heteroatoms. The minimum absolute atomic E-state index is 0.748. The van der Waals surface area contributed by atoms with Crippen molar-refractivity contribution >= 4 is 34.0 Å². The third kappa shape index (κ3) is 2.77. The lowest BCUT2D eigenvalue weighted by Crippen LogP contribution is -2.05. The summed E-state index contributed by atoms with van der Waals surface area (Å²) in [7, 11) is 1.92. The van der Waals surface area contributed by atoms with E-state index < -0.39 is 0 Å². The average molecular weight is 316 g/mol. The van der Waals surface area contributed by atoms with Gasteiger partial charge in [0.15, 0.2) is 0 Å². The number of rotatable bonds is 3. The van der Waals surface area contributed by atoms with Crippen LogP contribution < -0.4 is 5.32 Å². The Morgan fingerprint density at radius 1 is 0.857 bits per heavy atom. The molecule has 0 aliphatic rings. The molecule has 0 aliphatic heterocycles. The Labute approximate surface area is 134 Å². The summed E-state index contributed by atoms with van der Waals surface area (Å²) in [5.41, 5.74) is 3.41. The van der Waals surface area contributed by atoms with E-state index in [9.17, 15) is 0 Å². The van der Waals surface area contributed by atoms with Crippen molar-refractivity contribution in [2.75, 3.05) is 7.05 Å². The number of benzene rings is 3. The molecule has 0 heterocycles. The van der Waals surface area contributed by atoms with E-state index in [1.165, 1.54) is 5.56 Å². The third-order valence-corrected chi connectivity index (χ3v) is 4.29. The normalized spacial score (nSPS) is 11.0. The Morgan fingerprint density at radius 2 is 1.57 bits per heavy atom. The summed E-state index contributed by atoms with van der Waals surface area (Å²) in [6.45, 7) is 0.748. The molecule has 3 aromatic carbocycles. The van der Waals surface area contributed by atoms with E-state index >= 15 is 0 Å². The van der Waals surface area contributed by atoms with Crippen LogP contribution in [0.2, 0.25) is 10.0 Å². The minimum atomic E-state index is 0.748. The number of hydrogen-bond acceptors (Lipinski definition) is 1. The SMILES string of the molecule is CNCc1cc(-c2ccc(Cl)c3ccccc23)ccc1Cl.